The number of ether oxygens (including phenoxy) is 2. The molecule has 4 nitrogen and oxygen atoms in total. The number of carbonyl (C=O) groups is 1. The third-order valence-electron chi connectivity index (χ3n) is 3.45. The summed E-state index contributed by atoms with van der Waals surface area (Å²) in [5.41, 5.74) is 4.15. The summed E-state index contributed by atoms with van der Waals surface area (Å²) in [4.78, 5) is 12.1. The summed E-state index contributed by atoms with van der Waals surface area (Å²) in [5, 5.41) is 2.92. The second-order valence-electron chi connectivity index (χ2n) is 5.51. The Kier molecular flexibility index (Phi) is 5.63. The Morgan fingerprint density at radius 1 is 0.957 bits per heavy atom. The quantitative estimate of drug-likeness (QED) is 0.876. The molecule has 4 heteroatoms. The van der Waals surface area contributed by atoms with Crippen molar-refractivity contribution in [1.82, 2.24) is 0 Å². The highest BCUT2D eigenvalue weighted by Crippen LogP contribution is 2.22. The van der Waals surface area contributed by atoms with Crippen molar-refractivity contribution >= 4 is 11.6 Å². The van der Waals surface area contributed by atoms with E-state index in [1.54, 1.807) is 12.1 Å². The number of anilines is 1. The minimum Gasteiger partial charge on any atom is -0.494 e. The van der Waals surface area contributed by atoms with Crippen LogP contribution in [0.15, 0.2) is 36.4 Å². The highest BCUT2D eigenvalue weighted by molar-refractivity contribution is 5.93. The van der Waals surface area contributed by atoms with E-state index in [9.17, 15) is 4.79 Å². The second kappa shape index (κ2) is 7.68. The van der Waals surface area contributed by atoms with Gasteiger partial charge in [-0.05, 0) is 63.1 Å². The zero-order chi connectivity index (χ0) is 16.8. The number of rotatable bonds is 6. The third-order valence-corrected chi connectivity index (χ3v) is 3.45. The fourth-order valence-electron chi connectivity index (χ4n) is 2.50. The molecule has 0 saturated carbocycles. The van der Waals surface area contributed by atoms with Crippen molar-refractivity contribution in [2.45, 2.75) is 27.7 Å². The summed E-state index contributed by atoms with van der Waals surface area (Å²) in [7, 11) is 0. The van der Waals surface area contributed by atoms with E-state index in [0.29, 0.717) is 12.4 Å². The minimum atomic E-state index is -0.172. The molecule has 0 radical (unpaired) electrons. The minimum absolute atomic E-state index is 0.0270. The first kappa shape index (κ1) is 16.9. The number of hydrogen-bond acceptors (Lipinski definition) is 3. The average molecular weight is 313 g/mol. The fraction of sp³-hybridized carbons (Fsp3) is 0.316. The van der Waals surface area contributed by atoms with Gasteiger partial charge in [0.1, 0.15) is 11.5 Å². The van der Waals surface area contributed by atoms with Gasteiger partial charge in [0.15, 0.2) is 6.61 Å². The molecule has 1 N–H and O–H groups in total. The summed E-state index contributed by atoms with van der Waals surface area (Å²) in [5.74, 6) is 1.25. The molecule has 0 fully saturated rings. The van der Waals surface area contributed by atoms with E-state index >= 15 is 0 Å². The Balaban J connectivity index is 1.93. The van der Waals surface area contributed by atoms with Gasteiger partial charge in [-0.15, -0.1) is 0 Å². The van der Waals surface area contributed by atoms with Crippen molar-refractivity contribution in [2.75, 3.05) is 18.5 Å². The number of carbonyl (C=O) groups excluding carboxylic acids is 1. The zero-order valence-electron chi connectivity index (χ0n) is 14.1. The van der Waals surface area contributed by atoms with E-state index in [0.717, 1.165) is 22.6 Å². The number of nitrogens with one attached hydrogen (secondary N) is 1. The predicted octanol–water partition coefficient (Wildman–Crippen LogP) is 4.03. The number of hydrogen-bond donors (Lipinski definition) is 1. The van der Waals surface area contributed by atoms with E-state index in [-0.39, 0.29) is 12.5 Å². The van der Waals surface area contributed by atoms with E-state index < -0.39 is 0 Å². The molecular weight excluding hydrogens is 290 g/mol. The maximum Gasteiger partial charge on any atom is 0.262 e. The topological polar surface area (TPSA) is 47.6 Å². The van der Waals surface area contributed by atoms with Gasteiger partial charge in [0.05, 0.1) is 6.61 Å². The Morgan fingerprint density at radius 2 is 1.48 bits per heavy atom. The number of amides is 1. The van der Waals surface area contributed by atoms with Crippen LogP contribution in [-0.4, -0.2) is 19.1 Å². The van der Waals surface area contributed by atoms with Gasteiger partial charge >= 0.3 is 0 Å². The summed E-state index contributed by atoms with van der Waals surface area (Å²) in [6.45, 7) is 8.55. The normalized spacial score (nSPS) is 10.3. The van der Waals surface area contributed by atoms with Crippen LogP contribution in [0.2, 0.25) is 0 Å². The number of aryl methyl sites for hydroxylation is 3. The van der Waals surface area contributed by atoms with Crippen LogP contribution in [0.25, 0.3) is 0 Å². The summed E-state index contributed by atoms with van der Waals surface area (Å²) in [6, 6.07) is 11.3. The van der Waals surface area contributed by atoms with Crippen LogP contribution in [0.5, 0.6) is 11.5 Å². The van der Waals surface area contributed by atoms with Gasteiger partial charge in [0, 0.05) is 5.69 Å². The van der Waals surface area contributed by atoms with Gasteiger partial charge < -0.3 is 14.8 Å². The molecule has 0 spiro atoms. The van der Waals surface area contributed by atoms with E-state index in [2.05, 4.69) is 17.4 Å². The lowest BCUT2D eigenvalue weighted by Gasteiger charge is -2.13. The molecule has 0 aromatic heterocycles. The largest absolute Gasteiger partial charge is 0.494 e. The second-order valence-corrected chi connectivity index (χ2v) is 5.51. The van der Waals surface area contributed by atoms with Gasteiger partial charge in [-0.25, -0.2) is 0 Å². The van der Waals surface area contributed by atoms with E-state index in [4.69, 9.17) is 9.47 Å². The first-order valence-corrected chi connectivity index (χ1v) is 7.73. The molecule has 0 saturated heterocycles. The van der Waals surface area contributed by atoms with Crippen molar-refractivity contribution in [2.24, 2.45) is 0 Å². The molecule has 2 rings (SSSR count). The SMILES string of the molecule is CCOc1ccc(OCC(=O)Nc2c(C)cc(C)cc2C)cc1. The van der Waals surface area contributed by atoms with Gasteiger partial charge in [-0.1, -0.05) is 17.7 Å². The van der Waals surface area contributed by atoms with Gasteiger partial charge in [0.2, 0.25) is 0 Å². The predicted molar refractivity (Wildman–Crippen MR) is 92.4 cm³/mol. The molecule has 2 aromatic rings. The molecule has 23 heavy (non-hydrogen) atoms. The van der Waals surface area contributed by atoms with Gasteiger partial charge in [0.25, 0.3) is 5.91 Å². The summed E-state index contributed by atoms with van der Waals surface area (Å²) in [6.07, 6.45) is 0. The van der Waals surface area contributed by atoms with Gasteiger partial charge in [-0.2, -0.15) is 0 Å². The average Bonchev–Trinajstić information content (AvgIpc) is 2.50. The molecule has 0 bridgehead atoms. The van der Waals surface area contributed by atoms with Crippen molar-refractivity contribution in [3.63, 3.8) is 0 Å². The molecule has 1 amide bonds. The molecule has 2 aromatic carbocycles. The molecule has 0 aliphatic rings. The Morgan fingerprint density at radius 3 is 2.00 bits per heavy atom. The van der Waals surface area contributed by atoms with Crippen LogP contribution in [-0.2, 0) is 4.79 Å². The molecule has 0 aliphatic heterocycles. The molecule has 0 atom stereocenters. The Labute approximate surface area is 137 Å². The van der Waals surface area contributed by atoms with Crippen LogP contribution >= 0.6 is 0 Å². The van der Waals surface area contributed by atoms with Crippen LogP contribution in [0, 0.1) is 20.8 Å². The van der Waals surface area contributed by atoms with Crippen molar-refractivity contribution in [3.8, 4) is 11.5 Å². The first-order chi connectivity index (χ1) is 11.0. The molecule has 0 aliphatic carbocycles. The lowest BCUT2D eigenvalue weighted by atomic mass is 10.1. The molecule has 0 heterocycles. The van der Waals surface area contributed by atoms with Crippen LogP contribution in [0.3, 0.4) is 0 Å². The third kappa shape index (κ3) is 4.74. The Hall–Kier alpha value is -2.49. The highest BCUT2D eigenvalue weighted by Gasteiger charge is 2.09. The molecular formula is C19H23NO3. The van der Waals surface area contributed by atoms with Crippen molar-refractivity contribution in [3.05, 3.63) is 53.1 Å². The van der Waals surface area contributed by atoms with Crippen molar-refractivity contribution < 1.29 is 14.3 Å². The van der Waals surface area contributed by atoms with Crippen LogP contribution in [0.4, 0.5) is 5.69 Å². The zero-order valence-corrected chi connectivity index (χ0v) is 14.1. The van der Waals surface area contributed by atoms with Gasteiger partial charge in [-0.3, -0.25) is 4.79 Å². The van der Waals surface area contributed by atoms with Crippen LogP contribution in [0.1, 0.15) is 23.6 Å². The number of benzene rings is 2. The summed E-state index contributed by atoms with van der Waals surface area (Å²) < 4.78 is 10.9. The monoisotopic (exact) mass is 313 g/mol. The van der Waals surface area contributed by atoms with E-state index in [1.165, 1.54) is 5.56 Å². The van der Waals surface area contributed by atoms with Crippen molar-refractivity contribution in [1.29, 1.82) is 0 Å². The molecule has 122 valence electrons. The maximum absolute atomic E-state index is 12.1. The lowest BCUT2D eigenvalue weighted by molar-refractivity contribution is -0.118. The fourth-order valence-corrected chi connectivity index (χ4v) is 2.50. The Bertz CT molecular complexity index is 655. The molecule has 0 unspecified atom stereocenters. The lowest BCUT2D eigenvalue weighted by Crippen LogP contribution is -2.21. The maximum atomic E-state index is 12.1. The standard InChI is InChI=1S/C19H23NO3/c1-5-22-16-6-8-17(9-7-16)23-12-18(21)20-19-14(3)10-13(2)11-15(19)4/h6-11H,5,12H2,1-4H3,(H,20,21). The van der Waals surface area contributed by atoms with E-state index in [1.807, 2.05) is 39.8 Å². The smallest absolute Gasteiger partial charge is 0.262 e. The summed E-state index contributed by atoms with van der Waals surface area (Å²) >= 11 is 0. The van der Waals surface area contributed by atoms with Crippen LogP contribution < -0.4 is 14.8 Å². The first-order valence-electron chi connectivity index (χ1n) is 7.73. The highest BCUT2D eigenvalue weighted by atomic mass is 16.5.